The van der Waals surface area contributed by atoms with Gasteiger partial charge in [0.15, 0.2) is 0 Å². The largest absolute Gasteiger partial charge is 0.573 e. The van der Waals surface area contributed by atoms with Crippen molar-refractivity contribution in [2.75, 3.05) is 4.72 Å². The normalized spacial score (nSPS) is 12.0. The van der Waals surface area contributed by atoms with Crippen LogP contribution in [0.4, 0.5) is 19.0 Å². The van der Waals surface area contributed by atoms with E-state index in [9.17, 15) is 21.6 Å². The number of alkyl halides is 3. The Balaban J connectivity index is 2.17. The molecule has 0 aliphatic carbocycles. The van der Waals surface area contributed by atoms with E-state index in [2.05, 4.69) is 30.4 Å². The number of sulfonamides is 1. The molecular formula is C12H8BrF3N2O3S. The van der Waals surface area contributed by atoms with Gasteiger partial charge in [-0.05, 0) is 52.3 Å². The second kappa shape index (κ2) is 6.13. The Morgan fingerprint density at radius 3 is 2.23 bits per heavy atom. The Hall–Kier alpha value is -1.81. The van der Waals surface area contributed by atoms with Crippen LogP contribution in [0.5, 0.6) is 5.75 Å². The van der Waals surface area contributed by atoms with E-state index in [1.54, 1.807) is 6.07 Å². The van der Waals surface area contributed by atoms with E-state index in [0.29, 0.717) is 4.47 Å². The molecule has 5 nitrogen and oxygen atoms in total. The summed E-state index contributed by atoms with van der Waals surface area (Å²) in [5.74, 6) is -0.424. The molecule has 0 fully saturated rings. The number of hydrogen-bond acceptors (Lipinski definition) is 4. The number of anilines is 1. The topological polar surface area (TPSA) is 68.3 Å². The minimum atomic E-state index is -4.83. The molecule has 1 N–H and O–H groups in total. The fraction of sp³-hybridized carbons (Fsp3) is 0.0833. The summed E-state index contributed by atoms with van der Waals surface area (Å²) in [7, 11) is -3.95. The molecule has 0 saturated carbocycles. The minimum Gasteiger partial charge on any atom is -0.406 e. The van der Waals surface area contributed by atoms with Gasteiger partial charge in [0.2, 0.25) is 0 Å². The number of nitrogens with one attached hydrogen (secondary N) is 1. The smallest absolute Gasteiger partial charge is 0.406 e. The van der Waals surface area contributed by atoms with Crippen LogP contribution >= 0.6 is 15.9 Å². The number of halogens is 4. The first kappa shape index (κ1) is 16.6. The highest BCUT2D eigenvalue weighted by molar-refractivity contribution is 9.10. The van der Waals surface area contributed by atoms with Gasteiger partial charge >= 0.3 is 6.36 Å². The van der Waals surface area contributed by atoms with Crippen LogP contribution in [0.1, 0.15) is 0 Å². The lowest BCUT2D eigenvalue weighted by molar-refractivity contribution is -0.274. The van der Waals surface area contributed by atoms with E-state index in [-0.39, 0.29) is 10.7 Å². The van der Waals surface area contributed by atoms with Gasteiger partial charge in [0.1, 0.15) is 11.6 Å². The van der Waals surface area contributed by atoms with Crippen molar-refractivity contribution in [1.29, 1.82) is 0 Å². The Kier molecular flexibility index (Phi) is 4.61. The Morgan fingerprint density at radius 2 is 1.73 bits per heavy atom. The average Bonchev–Trinajstić information content (AvgIpc) is 2.40. The van der Waals surface area contributed by atoms with Crippen molar-refractivity contribution >= 4 is 31.8 Å². The zero-order chi connectivity index (χ0) is 16.4. The fourth-order valence-corrected chi connectivity index (χ4v) is 2.70. The van der Waals surface area contributed by atoms with Gasteiger partial charge < -0.3 is 4.74 Å². The number of hydrogen-bond donors (Lipinski definition) is 1. The van der Waals surface area contributed by atoms with Crippen LogP contribution in [0.25, 0.3) is 0 Å². The molecule has 0 spiro atoms. The molecule has 1 aromatic carbocycles. The maximum absolute atomic E-state index is 12.1. The van der Waals surface area contributed by atoms with Gasteiger partial charge in [-0.1, -0.05) is 0 Å². The van der Waals surface area contributed by atoms with Crippen LogP contribution in [-0.4, -0.2) is 19.8 Å². The molecule has 0 atom stereocenters. The molecule has 0 saturated heterocycles. The van der Waals surface area contributed by atoms with Crippen LogP contribution in [-0.2, 0) is 10.0 Å². The van der Waals surface area contributed by atoms with Gasteiger partial charge in [-0.2, -0.15) is 0 Å². The lowest BCUT2D eigenvalue weighted by Crippen LogP contribution is -2.17. The lowest BCUT2D eigenvalue weighted by Gasteiger charge is -2.10. The molecule has 0 unspecified atom stereocenters. The molecular weight excluding hydrogens is 389 g/mol. The second-order valence-electron chi connectivity index (χ2n) is 3.99. The SMILES string of the molecule is O=S(=O)(Nc1ccc(Br)cn1)c1ccc(OC(F)(F)F)cc1. The van der Waals surface area contributed by atoms with Crippen LogP contribution < -0.4 is 9.46 Å². The van der Waals surface area contributed by atoms with Crippen LogP contribution in [0.15, 0.2) is 52.0 Å². The van der Waals surface area contributed by atoms with Crippen molar-refractivity contribution in [3.05, 3.63) is 47.1 Å². The third-order valence-corrected chi connectivity index (χ3v) is 4.17. The molecule has 1 heterocycles. The number of aromatic nitrogens is 1. The highest BCUT2D eigenvalue weighted by Gasteiger charge is 2.31. The van der Waals surface area contributed by atoms with Crippen LogP contribution in [0.3, 0.4) is 0 Å². The highest BCUT2D eigenvalue weighted by atomic mass is 79.9. The standard InChI is InChI=1S/C12H8BrF3N2O3S/c13-8-1-6-11(17-7-8)18-22(19,20)10-4-2-9(3-5-10)21-12(14,15)16/h1-7H,(H,17,18). The van der Waals surface area contributed by atoms with Gasteiger partial charge in [0.25, 0.3) is 10.0 Å². The van der Waals surface area contributed by atoms with Crippen LogP contribution in [0.2, 0.25) is 0 Å². The van der Waals surface area contributed by atoms with Gasteiger partial charge in [-0.15, -0.1) is 13.2 Å². The van der Waals surface area contributed by atoms with Crippen molar-refractivity contribution in [3.63, 3.8) is 0 Å². The van der Waals surface area contributed by atoms with Gasteiger partial charge in [0.05, 0.1) is 4.90 Å². The van der Waals surface area contributed by atoms with Crippen molar-refractivity contribution in [3.8, 4) is 5.75 Å². The fourth-order valence-electron chi connectivity index (χ4n) is 1.45. The zero-order valence-electron chi connectivity index (χ0n) is 10.6. The van der Waals surface area contributed by atoms with E-state index < -0.39 is 22.1 Å². The average molecular weight is 397 g/mol. The Bertz CT molecular complexity index is 747. The molecule has 1 aromatic heterocycles. The minimum absolute atomic E-state index is 0.0822. The molecule has 0 aliphatic heterocycles. The first-order valence-electron chi connectivity index (χ1n) is 5.66. The molecule has 118 valence electrons. The first-order valence-corrected chi connectivity index (χ1v) is 7.93. The van der Waals surface area contributed by atoms with Crippen molar-refractivity contribution in [1.82, 2.24) is 4.98 Å². The number of ether oxygens (including phenoxy) is 1. The maximum Gasteiger partial charge on any atom is 0.573 e. The number of rotatable bonds is 4. The van der Waals surface area contributed by atoms with Gasteiger partial charge in [-0.3, -0.25) is 4.72 Å². The molecule has 10 heteroatoms. The molecule has 0 amide bonds. The van der Waals surface area contributed by atoms with Crippen molar-refractivity contribution in [2.24, 2.45) is 0 Å². The summed E-state index contributed by atoms with van der Waals surface area (Å²) in [6, 6.07) is 6.85. The number of pyridine rings is 1. The van der Waals surface area contributed by atoms with E-state index in [0.717, 1.165) is 24.3 Å². The van der Waals surface area contributed by atoms with E-state index in [1.165, 1.54) is 12.3 Å². The molecule has 2 rings (SSSR count). The summed E-state index contributed by atoms with van der Waals surface area (Å²) in [5, 5.41) is 0. The van der Waals surface area contributed by atoms with E-state index in [1.807, 2.05) is 0 Å². The van der Waals surface area contributed by atoms with Crippen LogP contribution in [0, 0.1) is 0 Å². The Labute approximate surface area is 132 Å². The summed E-state index contributed by atoms with van der Waals surface area (Å²) >= 11 is 3.16. The summed E-state index contributed by atoms with van der Waals surface area (Å²) in [6.45, 7) is 0. The molecule has 0 aliphatic rings. The number of benzene rings is 1. The maximum atomic E-state index is 12.1. The van der Waals surface area contributed by atoms with Gasteiger partial charge in [0, 0.05) is 10.7 Å². The quantitative estimate of drug-likeness (QED) is 0.857. The third kappa shape index (κ3) is 4.60. The molecule has 0 bridgehead atoms. The highest BCUT2D eigenvalue weighted by Crippen LogP contribution is 2.24. The van der Waals surface area contributed by atoms with E-state index >= 15 is 0 Å². The molecule has 2 aromatic rings. The second-order valence-corrected chi connectivity index (χ2v) is 6.58. The lowest BCUT2D eigenvalue weighted by atomic mass is 10.3. The molecule has 0 radical (unpaired) electrons. The van der Waals surface area contributed by atoms with E-state index in [4.69, 9.17) is 0 Å². The predicted molar refractivity (Wildman–Crippen MR) is 75.9 cm³/mol. The van der Waals surface area contributed by atoms with Crippen molar-refractivity contribution < 1.29 is 26.3 Å². The number of nitrogens with zero attached hydrogens (tertiary/aromatic N) is 1. The first-order chi connectivity index (χ1) is 10.2. The summed E-state index contributed by atoms with van der Waals surface area (Å²) in [6.07, 6.45) is -3.43. The summed E-state index contributed by atoms with van der Waals surface area (Å²) < 4.78 is 66.8. The Morgan fingerprint density at radius 1 is 1.09 bits per heavy atom. The summed E-state index contributed by atoms with van der Waals surface area (Å²) in [4.78, 5) is 3.63. The zero-order valence-corrected chi connectivity index (χ0v) is 13.0. The predicted octanol–water partition coefficient (Wildman–Crippen LogP) is 3.54. The van der Waals surface area contributed by atoms with Gasteiger partial charge in [-0.25, -0.2) is 13.4 Å². The molecule has 22 heavy (non-hydrogen) atoms. The summed E-state index contributed by atoms with van der Waals surface area (Å²) in [5.41, 5.74) is 0. The van der Waals surface area contributed by atoms with Crippen molar-refractivity contribution in [2.45, 2.75) is 11.3 Å². The third-order valence-electron chi connectivity index (χ3n) is 2.33. The monoisotopic (exact) mass is 396 g/mol.